The summed E-state index contributed by atoms with van der Waals surface area (Å²) in [5.41, 5.74) is 1.81. The minimum Gasteiger partial charge on any atom is -0.369 e. The van der Waals surface area contributed by atoms with E-state index in [0.717, 1.165) is 49.8 Å². The highest BCUT2D eigenvalue weighted by atomic mass is 16.2. The van der Waals surface area contributed by atoms with Crippen molar-refractivity contribution in [3.05, 3.63) is 24.3 Å². The Bertz CT molecular complexity index is 651. The summed E-state index contributed by atoms with van der Waals surface area (Å²) in [6, 6.07) is 8.28. The summed E-state index contributed by atoms with van der Waals surface area (Å²) in [5.74, 6) is 1.19. The molecule has 2 heterocycles. The number of hydrogen-bond donors (Lipinski definition) is 1. The lowest BCUT2D eigenvalue weighted by molar-refractivity contribution is -0.125. The summed E-state index contributed by atoms with van der Waals surface area (Å²) in [4.78, 5) is 18.1. The number of benzene rings is 1. The lowest BCUT2D eigenvalue weighted by Crippen LogP contribution is -2.62. The van der Waals surface area contributed by atoms with Gasteiger partial charge >= 0.3 is 0 Å². The molecule has 0 atom stereocenters. The highest BCUT2D eigenvalue weighted by Crippen LogP contribution is 2.41. The van der Waals surface area contributed by atoms with Crippen molar-refractivity contribution in [1.82, 2.24) is 4.90 Å². The van der Waals surface area contributed by atoms with Gasteiger partial charge in [-0.25, -0.2) is 0 Å². The Morgan fingerprint density at radius 1 is 1.16 bits per heavy atom. The van der Waals surface area contributed by atoms with Gasteiger partial charge in [-0.3, -0.25) is 4.79 Å². The van der Waals surface area contributed by atoms with E-state index in [1.807, 2.05) is 11.0 Å². The molecule has 136 valence electrons. The zero-order valence-corrected chi connectivity index (χ0v) is 15.8. The van der Waals surface area contributed by atoms with Crippen LogP contribution in [-0.2, 0) is 4.79 Å². The largest absolute Gasteiger partial charge is 0.369 e. The molecule has 4 rings (SSSR count). The molecule has 4 heteroatoms. The second kappa shape index (κ2) is 6.01. The van der Waals surface area contributed by atoms with E-state index in [0.29, 0.717) is 0 Å². The first kappa shape index (κ1) is 16.9. The zero-order valence-electron chi connectivity index (χ0n) is 15.8. The average molecular weight is 341 g/mol. The second-order valence-corrected chi connectivity index (χ2v) is 9.42. The molecule has 0 aromatic heterocycles. The van der Waals surface area contributed by atoms with Crippen LogP contribution in [0.15, 0.2) is 24.3 Å². The smallest absolute Gasteiger partial charge is 0.252 e. The fraction of sp³-hybridized carbons (Fsp3) is 0.667. The topological polar surface area (TPSA) is 35.6 Å². The number of amides is 1. The summed E-state index contributed by atoms with van der Waals surface area (Å²) in [7, 11) is 0. The van der Waals surface area contributed by atoms with Crippen LogP contribution in [-0.4, -0.2) is 42.5 Å². The van der Waals surface area contributed by atoms with E-state index >= 15 is 0 Å². The molecule has 2 fully saturated rings. The molecule has 1 aromatic rings. The number of likely N-dealkylation sites (tertiary alicyclic amines) is 1. The third-order valence-corrected chi connectivity index (χ3v) is 5.78. The molecule has 0 unspecified atom stereocenters. The van der Waals surface area contributed by atoms with Gasteiger partial charge in [0.05, 0.1) is 11.4 Å². The van der Waals surface area contributed by atoms with Crippen molar-refractivity contribution in [2.75, 3.05) is 36.4 Å². The molecule has 1 N–H and O–H groups in total. The van der Waals surface area contributed by atoms with Crippen LogP contribution < -0.4 is 10.2 Å². The van der Waals surface area contributed by atoms with Crippen molar-refractivity contribution in [3.8, 4) is 0 Å². The van der Waals surface area contributed by atoms with Crippen LogP contribution >= 0.6 is 0 Å². The maximum absolute atomic E-state index is 13.5. The maximum atomic E-state index is 13.5. The van der Waals surface area contributed by atoms with Crippen LogP contribution in [0, 0.1) is 11.3 Å². The van der Waals surface area contributed by atoms with E-state index in [2.05, 4.69) is 49.2 Å². The summed E-state index contributed by atoms with van der Waals surface area (Å²) in [6.07, 6.45) is 4.61. The van der Waals surface area contributed by atoms with Crippen LogP contribution in [0.5, 0.6) is 0 Å². The quantitative estimate of drug-likeness (QED) is 0.910. The van der Waals surface area contributed by atoms with E-state index in [4.69, 9.17) is 0 Å². The molecule has 2 aliphatic heterocycles. The Balaban J connectivity index is 1.58. The minimum atomic E-state index is -0.417. The number of fused-ring (bicyclic) bond motifs is 1. The zero-order chi connectivity index (χ0) is 17.7. The van der Waals surface area contributed by atoms with Crippen LogP contribution in [0.1, 0.15) is 46.5 Å². The van der Waals surface area contributed by atoms with Gasteiger partial charge < -0.3 is 15.1 Å². The Morgan fingerprint density at radius 2 is 1.84 bits per heavy atom. The van der Waals surface area contributed by atoms with Crippen LogP contribution in [0.25, 0.3) is 0 Å². The van der Waals surface area contributed by atoms with Crippen LogP contribution in [0.3, 0.4) is 0 Å². The molecule has 1 spiro atoms. The summed E-state index contributed by atoms with van der Waals surface area (Å²) in [5, 5.41) is 3.65. The highest BCUT2D eigenvalue weighted by molar-refractivity contribution is 6.08. The van der Waals surface area contributed by atoms with E-state index < -0.39 is 5.54 Å². The summed E-state index contributed by atoms with van der Waals surface area (Å²) >= 11 is 0. The lowest BCUT2D eigenvalue weighted by Gasteiger charge is -2.49. The highest BCUT2D eigenvalue weighted by Gasteiger charge is 2.48. The number of para-hydroxylation sites is 2. The molecule has 4 nitrogen and oxygen atoms in total. The molecule has 0 radical (unpaired) electrons. The summed E-state index contributed by atoms with van der Waals surface area (Å²) in [6.45, 7) is 10.7. The second-order valence-electron chi connectivity index (χ2n) is 9.42. The molecule has 1 saturated carbocycles. The maximum Gasteiger partial charge on any atom is 0.252 e. The number of rotatable bonds is 3. The number of piperidine rings is 1. The predicted molar refractivity (Wildman–Crippen MR) is 103 cm³/mol. The van der Waals surface area contributed by atoms with Gasteiger partial charge in [0.15, 0.2) is 0 Å². The normalized spacial score (nSPS) is 23.5. The molecular weight excluding hydrogens is 310 g/mol. The van der Waals surface area contributed by atoms with E-state index in [-0.39, 0.29) is 11.3 Å². The van der Waals surface area contributed by atoms with Gasteiger partial charge in [0.2, 0.25) is 0 Å². The molecule has 25 heavy (non-hydrogen) atoms. The minimum absolute atomic E-state index is 0.0774. The monoisotopic (exact) mass is 341 g/mol. The third-order valence-electron chi connectivity index (χ3n) is 5.78. The van der Waals surface area contributed by atoms with Gasteiger partial charge in [0.25, 0.3) is 5.91 Å². The predicted octanol–water partition coefficient (Wildman–Crippen LogP) is 3.74. The van der Waals surface area contributed by atoms with Crippen LogP contribution in [0.2, 0.25) is 0 Å². The number of hydrogen-bond acceptors (Lipinski definition) is 3. The summed E-state index contributed by atoms with van der Waals surface area (Å²) < 4.78 is 0. The number of nitrogens with one attached hydrogen (secondary N) is 1. The number of nitrogens with zero attached hydrogens (tertiary/aromatic N) is 2. The average Bonchev–Trinajstić information content (AvgIpc) is 3.37. The Kier molecular flexibility index (Phi) is 4.06. The molecule has 0 bridgehead atoms. The SMILES string of the molecule is CC(C)(C)CN1C(=O)C2(CCN(CC3CC3)CC2)Nc2ccccc21. The van der Waals surface area contributed by atoms with Crippen molar-refractivity contribution >= 4 is 17.3 Å². The van der Waals surface area contributed by atoms with Gasteiger partial charge in [0, 0.05) is 26.2 Å². The van der Waals surface area contributed by atoms with Crippen LogP contribution in [0.4, 0.5) is 11.4 Å². The molecule has 1 amide bonds. The van der Waals surface area contributed by atoms with Crippen molar-refractivity contribution in [2.45, 2.75) is 52.0 Å². The van der Waals surface area contributed by atoms with Gasteiger partial charge in [-0.15, -0.1) is 0 Å². The van der Waals surface area contributed by atoms with Crippen molar-refractivity contribution < 1.29 is 4.79 Å². The van der Waals surface area contributed by atoms with Crippen molar-refractivity contribution in [3.63, 3.8) is 0 Å². The van der Waals surface area contributed by atoms with Gasteiger partial charge in [-0.2, -0.15) is 0 Å². The van der Waals surface area contributed by atoms with Gasteiger partial charge in [0.1, 0.15) is 5.54 Å². The molecule has 1 saturated heterocycles. The van der Waals surface area contributed by atoms with Gasteiger partial charge in [-0.05, 0) is 49.1 Å². The first-order valence-electron chi connectivity index (χ1n) is 9.78. The Morgan fingerprint density at radius 3 is 2.48 bits per heavy atom. The molecule has 3 aliphatic rings. The van der Waals surface area contributed by atoms with Crippen molar-refractivity contribution in [1.29, 1.82) is 0 Å². The Hall–Kier alpha value is -1.55. The Labute approximate surface area is 151 Å². The molecule has 1 aromatic carbocycles. The molecule has 1 aliphatic carbocycles. The fourth-order valence-corrected chi connectivity index (χ4v) is 4.25. The van der Waals surface area contributed by atoms with Gasteiger partial charge in [-0.1, -0.05) is 32.9 Å². The van der Waals surface area contributed by atoms with E-state index in [1.165, 1.54) is 19.4 Å². The first-order valence-corrected chi connectivity index (χ1v) is 9.78. The lowest BCUT2D eigenvalue weighted by atomic mass is 9.82. The third kappa shape index (κ3) is 3.41. The first-order chi connectivity index (χ1) is 11.9. The van der Waals surface area contributed by atoms with E-state index in [1.54, 1.807) is 0 Å². The number of carbonyl (C=O) groups is 1. The van der Waals surface area contributed by atoms with Crippen molar-refractivity contribution in [2.24, 2.45) is 11.3 Å². The number of carbonyl (C=O) groups excluding carboxylic acids is 1. The molecular formula is C21H31N3O. The fourth-order valence-electron chi connectivity index (χ4n) is 4.25. The van der Waals surface area contributed by atoms with E-state index in [9.17, 15) is 4.79 Å². The number of anilines is 2. The standard InChI is InChI=1S/C21H31N3O/c1-20(2,3)15-24-18-7-5-4-6-17(18)22-21(19(24)25)10-12-23(13-11-21)14-16-8-9-16/h4-7,16,22H,8-15H2,1-3H3.